The van der Waals surface area contributed by atoms with Gasteiger partial charge in [0.1, 0.15) is 5.75 Å². The number of benzene rings is 2. The molecule has 0 spiro atoms. The Balaban J connectivity index is 1.74. The van der Waals surface area contributed by atoms with Crippen LogP contribution in [0.15, 0.2) is 64.0 Å². The van der Waals surface area contributed by atoms with Gasteiger partial charge in [-0.25, -0.2) is 4.68 Å². The zero-order valence-corrected chi connectivity index (χ0v) is 15.7. The highest BCUT2D eigenvalue weighted by molar-refractivity contribution is 5.59. The highest BCUT2D eigenvalue weighted by Crippen LogP contribution is 2.22. The summed E-state index contributed by atoms with van der Waals surface area (Å²) >= 11 is 0. The number of ether oxygens (including phenoxy) is 1. The number of nitrogens with zero attached hydrogens (tertiary/aromatic N) is 4. The molecule has 0 aliphatic rings. The fraction of sp³-hybridized carbons (Fsp3) is 0.143. The summed E-state index contributed by atoms with van der Waals surface area (Å²) in [5.41, 5.74) is 3.67. The summed E-state index contributed by atoms with van der Waals surface area (Å²) in [5, 5.41) is 8.39. The molecule has 7 heteroatoms. The van der Waals surface area contributed by atoms with Crippen LogP contribution in [0, 0.1) is 13.8 Å². The molecule has 0 bridgehead atoms. The maximum absolute atomic E-state index is 12.3. The Labute approximate surface area is 161 Å². The molecule has 0 fully saturated rings. The molecular weight excluding hydrogens is 356 g/mol. The van der Waals surface area contributed by atoms with E-state index in [0.717, 1.165) is 16.8 Å². The van der Waals surface area contributed by atoms with Gasteiger partial charge in [0.05, 0.1) is 12.8 Å². The Morgan fingerprint density at radius 2 is 1.89 bits per heavy atom. The van der Waals surface area contributed by atoms with Crippen LogP contribution < -0.4 is 10.2 Å². The molecule has 2 aromatic heterocycles. The Bertz CT molecular complexity index is 1210. The van der Waals surface area contributed by atoms with Crippen LogP contribution in [0.1, 0.15) is 11.1 Å². The van der Waals surface area contributed by atoms with E-state index in [9.17, 15) is 4.79 Å². The summed E-state index contributed by atoms with van der Waals surface area (Å²) in [6, 6.07) is 14.7. The second-order valence-corrected chi connectivity index (χ2v) is 6.40. The molecule has 7 nitrogen and oxygen atoms in total. The summed E-state index contributed by atoms with van der Waals surface area (Å²) in [7, 11) is 1.59. The number of aryl methyl sites for hydroxylation is 2. The van der Waals surface area contributed by atoms with Crippen molar-refractivity contribution in [2.75, 3.05) is 7.11 Å². The fourth-order valence-corrected chi connectivity index (χ4v) is 2.77. The lowest BCUT2D eigenvalue weighted by Crippen LogP contribution is -2.12. The minimum absolute atomic E-state index is 0.0791. The predicted octanol–water partition coefficient (Wildman–Crippen LogP) is 3.57. The average Bonchev–Trinajstić information content (AvgIpc) is 3.20. The van der Waals surface area contributed by atoms with Crippen molar-refractivity contribution in [3.63, 3.8) is 0 Å². The molecule has 2 heterocycles. The van der Waals surface area contributed by atoms with Crippen molar-refractivity contribution in [3.8, 4) is 34.4 Å². The van der Waals surface area contributed by atoms with Crippen molar-refractivity contribution < 1.29 is 9.26 Å². The summed E-state index contributed by atoms with van der Waals surface area (Å²) in [4.78, 5) is 16.7. The smallest absolute Gasteiger partial charge is 0.282 e. The summed E-state index contributed by atoms with van der Waals surface area (Å²) in [6.45, 7) is 4.06. The van der Waals surface area contributed by atoms with Crippen LogP contribution in [0.2, 0.25) is 0 Å². The van der Waals surface area contributed by atoms with Gasteiger partial charge in [0.2, 0.25) is 11.3 Å². The molecule has 0 saturated carbocycles. The highest BCUT2D eigenvalue weighted by Gasteiger charge is 2.16. The van der Waals surface area contributed by atoms with Crippen molar-refractivity contribution in [3.05, 3.63) is 76.1 Å². The predicted molar refractivity (Wildman–Crippen MR) is 105 cm³/mol. The number of rotatable bonds is 4. The first-order valence-corrected chi connectivity index (χ1v) is 8.71. The van der Waals surface area contributed by atoms with Crippen LogP contribution in [0.4, 0.5) is 0 Å². The van der Waals surface area contributed by atoms with E-state index >= 15 is 0 Å². The molecule has 0 aliphatic carbocycles. The van der Waals surface area contributed by atoms with Crippen LogP contribution in [0.25, 0.3) is 28.7 Å². The molecule has 4 aromatic rings. The number of aromatic nitrogens is 4. The second kappa shape index (κ2) is 7.11. The molecule has 0 N–H and O–H groups in total. The van der Waals surface area contributed by atoms with Gasteiger partial charge < -0.3 is 9.26 Å². The lowest BCUT2D eigenvalue weighted by Gasteiger charge is -2.07. The van der Waals surface area contributed by atoms with Crippen LogP contribution >= 0.6 is 0 Å². The molecule has 28 heavy (non-hydrogen) atoms. The normalized spacial score (nSPS) is 10.8. The summed E-state index contributed by atoms with van der Waals surface area (Å²) in [6.07, 6.45) is 1.58. The molecule has 0 saturated heterocycles. The highest BCUT2D eigenvalue weighted by atomic mass is 16.5. The van der Waals surface area contributed by atoms with Crippen LogP contribution in [-0.2, 0) is 0 Å². The molecule has 0 amide bonds. The third-order valence-electron chi connectivity index (χ3n) is 4.52. The van der Waals surface area contributed by atoms with Gasteiger partial charge in [0.15, 0.2) is 5.69 Å². The van der Waals surface area contributed by atoms with Gasteiger partial charge >= 0.3 is 0 Å². The molecule has 0 aliphatic heterocycles. The van der Waals surface area contributed by atoms with Crippen molar-refractivity contribution in [1.29, 1.82) is 0 Å². The van der Waals surface area contributed by atoms with Crippen LogP contribution in [-0.4, -0.2) is 27.0 Å². The summed E-state index contributed by atoms with van der Waals surface area (Å²) < 4.78 is 12.1. The Hall–Kier alpha value is -3.74. The van der Waals surface area contributed by atoms with Gasteiger partial charge in [-0.3, -0.25) is 4.79 Å². The van der Waals surface area contributed by atoms with E-state index in [1.807, 2.05) is 56.3 Å². The fourth-order valence-electron chi connectivity index (χ4n) is 2.77. The largest absolute Gasteiger partial charge is 0.497 e. The Morgan fingerprint density at radius 3 is 2.68 bits per heavy atom. The van der Waals surface area contributed by atoms with Gasteiger partial charge in [-0.05, 0) is 43.2 Å². The molecular formula is C21H18N4O3. The van der Waals surface area contributed by atoms with Crippen molar-refractivity contribution >= 4 is 0 Å². The third kappa shape index (κ3) is 3.29. The van der Waals surface area contributed by atoms with Crippen LogP contribution in [0.3, 0.4) is 0 Å². The lowest BCUT2D eigenvalue weighted by atomic mass is 10.1. The molecule has 0 unspecified atom stereocenters. The second-order valence-electron chi connectivity index (χ2n) is 6.40. The van der Waals surface area contributed by atoms with Gasteiger partial charge in [-0.2, -0.15) is 10.1 Å². The molecule has 140 valence electrons. The van der Waals surface area contributed by atoms with E-state index in [4.69, 9.17) is 9.26 Å². The van der Waals surface area contributed by atoms with Crippen molar-refractivity contribution in [1.82, 2.24) is 19.9 Å². The first kappa shape index (κ1) is 17.7. The Kier molecular flexibility index (Phi) is 4.49. The molecule has 0 radical (unpaired) electrons. The SMILES string of the molecule is COc1cccc(-n2ccc(=O)c(-c3nc(-c4ccc(C)c(C)c4)no3)n2)c1. The third-order valence-corrected chi connectivity index (χ3v) is 4.52. The van der Waals surface area contributed by atoms with Gasteiger partial charge in [0, 0.05) is 23.9 Å². The maximum Gasteiger partial charge on any atom is 0.282 e. The minimum Gasteiger partial charge on any atom is -0.497 e. The Morgan fingerprint density at radius 1 is 1.04 bits per heavy atom. The van der Waals surface area contributed by atoms with Gasteiger partial charge in [0.25, 0.3) is 5.89 Å². The topological polar surface area (TPSA) is 83.0 Å². The van der Waals surface area contributed by atoms with E-state index in [2.05, 4.69) is 15.2 Å². The lowest BCUT2D eigenvalue weighted by molar-refractivity contribution is 0.414. The number of hydrogen-bond acceptors (Lipinski definition) is 6. The quantitative estimate of drug-likeness (QED) is 0.543. The maximum atomic E-state index is 12.3. The first-order valence-electron chi connectivity index (χ1n) is 8.71. The molecule has 0 atom stereocenters. The van der Waals surface area contributed by atoms with E-state index < -0.39 is 0 Å². The minimum atomic E-state index is -0.297. The number of hydrogen-bond donors (Lipinski definition) is 0. The molecule has 4 rings (SSSR count). The summed E-state index contributed by atoms with van der Waals surface area (Å²) in [5.74, 6) is 1.18. The van der Waals surface area contributed by atoms with E-state index in [0.29, 0.717) is 11.6 Å². The van der Waals surface area contributed by atoms with Crippen molar-refractivity contribution in [2.24, 2.45) is 0 Å². The zero-order valence-electron chi connectivity index (χ0n) is 15.7. The van der Waals surface area contributed by atoms with E-state index in [1.165, 1.54) is 11.6 Å². The van der Waals surface area contributed by atoms with Gasteiger partial charge in [-0.15, -0.1) is 0 Å². The molecule has 2 aromatic carbocycles. The van der Waals surface area contributed by atoms with Crippen molar-refractivity contribution in [2.45, 2.75) is 13.8 Å². The standard InChI is InChI=1S/C21H18N4O3/c1-13-7-8-15(11-14(13)2)20-22-21(28-24-20)19-18(26)9-10-25(23-19)16-5-4-6-17(12-16)27-3/h4-12H,1-3H3. The average molecular weight is 374 g/mol. The van der Waals surface area contributed by atoms with E-state index in [1.54, 1.807) is 18.0 Å². The first-order chi connectivity index (χ1) is 13.5. The van der Waals surface area contributed by atoms with Gasteiger partial charge in [-0.1, -0.05) is 23.4 Å². The van der Waals surface area contributed by atoms with Crippen LogP contribution in [0.5, 0.6) is 5.75 Å². The zero-order chi connectivity index (χ0) is 19.7. The van der Waals surface area contributed by atoms with E-state index in [-0.39, 0.29) is 17.0 Å². The monoisotopic (exact) mass is 374 g/mol. The number of methoxy groups -OCH3 is 1.